The van der Waals surface area contributed by atoms with Crippen molar-refractivity contribution >= 4 is 0 Å². The van der Waals surface area contributed by atoms with Crippen molar-refractivity contribution in [1.82, 2.24) is 9.80 Å². The molecular weight excluding hydrogens is 351 g/mol. The third kappa shape index (κ3) is 6.69. The summed E-state index contributed by atoms with van der Waals surface area (Å²) in [5.41, 5.74) is 2.20. The summed E-state index contributed by atoms with van der Waals surface area (Å²) in [4.78, 5) is 4.94. The minimum Gasteiger partial charge on any atom is -0.383 e. The van der Waals surface area contributed by atoms with Crippen molar-refractivity contribution in [3.05, 3.63) is 71.5 Å². The summed E-state index contributed by atoms with van der Waals surface area (Å²) in [7, 11) is 1.77. The summed E-state index contributed by atoms with van der Waals surface area (Å²) in [6, 6.07) is 17.8. The molecule has 3 nitrogen and oxygen atoms in total. The second-order valence-corrected chi connectivity index (χ2v) is 7.84. The molecule has 0 bridgehead atoms. The highest BCUT2D eigenvalue weighted by atomic mass is 19.1. The van der Waals surface area contributed by atoms with Crippen LogP contribution < -0.4 is 0 Å². The largest absolute Gasteiger partial charge is 0.383 e. The third-order valence-corrected chi connectivity index (χ3v) is 5.75. The summed E-state index contributed by atoms with van der Waals surface area (Å²) >= 11 is 0. The normalized spacial score (nSPS) is 16.0. The van der Waals surface area contributed by atoms with E-state index in [1.54, 1.807) is 19.2 Å². The van der Waals surface area contributed by atoms with E-state index in [2.05, 4.69) is 40.1 Å². The van der Waals surface area contributed by atoms with Crippen LogP contribution in [0.2, 0.25) is 0 Å². The van der Waals surface area contributed by atoms with Crippen molar-refractivity contribution in [2.75, 3.05) is 46.4 Å². The van der Waals surface area contributed by atoms with E-state index in [1.165, 1.54) is 18.4 Å². The number of hydrogen-bond acceptors (Lipinski definition) is 3. The Morgan fingerprint density at radius 2 is 1.71 bits per heavy atom. The molecule has 0 unspecified atom stereocenters. The lowest BCUT2D eigenvalue weighted by Gasteiger charge is -2.35. The molecule has 2 aromatic rings. The highest BCUT2D eigenvalue weighted by molar-refractivity contribution is 5.17. The van der Waals surface area contributed by atoms with Crippen LogP contribution in [-0.4, -0.2) is 56.2 Å². The number of piperidine rings is 1. The molecule has 28 heavy (non-hydrogen) atoms. The zero-order valence-corrected chi connectivity index (χ0v) is 17.0. The lowest BCUT2D eigenvalue weighted by Crippen LogP contribution is -2.40. The fraction of sp³-hybridized carbons (Fsp3) is 0.500. The van der Waals surface area contributed by atoms with E-state index >= 15 is 0 Å². The zero-order chi connectivity index (χ0) is 19.6. The van der Waals surface area contributed by atoms with Gasteiger partial charge in [0.25, 0.3) is 0 Å². The molecule has 4 heteroatoms. The van der Waals surface area contributed by atoms with Gasteiger partial charge in [-0.3, -0.25) is 4.90 Å². The molecule has 2 aromatic carbocycles. The maximum Gasteiger partial charge on any atom is 0.127 e. The van der Waals surface area contributed by atoms with Gasteiger partial charge in [0.2, 0.25) is 0 Å². The molecule has 1 fully saturated rings. The van der Waals surface area contributed by atoms with Crippen LogP contribution in [0.1, 0.15) is 24.0 Å². The fourth-order valence-corrected chi connectivity index (χ4v) is 4.01. The number of nitrogens with zero attached hydrogens (tertiary/aromatic N) is 2. The molecule has 0 saturated carbocycles. The van der Waals surface area contributed by atoms with E-state index in [-0.39, 0.29) is 5.82 Å². The molecule has 1 aliphatic rings. The Morgan fingerprint density at radius 1 is 1.00 bits per heavy atom. The van der Waals surface area contributed by atoms with Crippen molar-refractivity contribution in [3.63, 3.8) is 0 Å². The van der Waals surface area contributed by atoms with Gasteiger partial charge in [0.1, 0.15) is 5.82 Å². The van der Waals surface area contributed by atoms with Crippen molar-refractivity contribution in [2.45, 2.75) is 25.8 Å². The minimum atomic E-state index is -0.0868. The molecule has 1 heterocycles. The molecule has 1 saturated heterocycles. The number of benzene rings is 2. The van der Waals surface area contributed by atoms with E-state index in [0.717, 1.165) is 57.9 Å². The summed E-state index contributed by atoms with van der Waals surface area (Å²) in [6.07, 6.45) is 3.45. The molecule has 152 valence electrons. The smallest absolute Gasteiger partial charge is 0.127 e. The van der Waals surface area contributed by atoms with Crippen LogP contribution in [0.3, 0.4) is 0 Å². The van der Waals surface area contributed by atoms with Gasteiger partial charge < -0.3 is 9.64 Å². The Hall–Kier alpha value is -1.75. The van der Waals surface area contributed by atoms with Crippen LogP contribution in [0.4, 0.5) is 4.39 Å². The minimum absolute atomic E-state index is 0.0868. The zero-order valence-electron chi connectivity index (χ0n) is 17.0. The first kappa shape index (κ1) is 21.0. The standard InChI is InChI=1S/C24H33FN2O/c1-28-18-17-27(14-11-21-7-3-2-4-8-21)19-22-12-15-26(16-13-22)20-23-9-5-6-10-24(23)25/h2-10,22H,11-20H2,1H3. The lowest BCUT2D eigenvalue weighted by molar-refractivity contribution is 0.110. The first-order valence-electron chi connectivity index (χ1n) is 10.5. The van der Waals surface area contributed by atoms with Crippen LogP contribution >= 0.6 is 0 Å². The van der Waals surface area contributed by atoms with Crippen LogP contribution in [0.5, 0.6) is 0 Å². The first-order valence-corrected chi connectivity index (χ1v) is 10.5. The van der Waals surface area contributed by atoms with Gasteiger partial charge >= 0.3 is 0 Å². The number of halogens is 1. The van der Waals surface area contributed by atoms with E-state index in [1.807, 2.05) is 12.1 Å². The van der Waals surface area contributed by atoms with Crippen molar-refractivity contribution in [1.29, 1.82) is 0 Å². The summed E-state index contributed by atoms with van der Waals surface area (Å²) < 4.78 is 19.2. The average molecular weight is 385 g/mol. The molecule has 0 N–H and O–H groups in total. The monoisotopic (exact) mass is 384 g/mol. The number of hydrogen-bond donors (Lipinski definition) is 0. The highest BCUT2D eigenvalue weighted by Crippen LogP contribution is 2.21. The number of methoxy groups -OCH3 is 1. The summed E-state index contributed by atoms with van der Waals surface area (Å²) in [6.45, 7) is 6.79. The van der Waals surface area contributed by atoms with E-state index in [9.17, 15) is 4.39 Å². The Bertz CT molecular complexity index is 686. The van der Waals surface area contributed by atoms with Gasteiger partial charge in [-0.05, 0) is 49.9 Å². The van der Waals surface area contributed by atoms with Gasteiger partial charge in [-0.2, -0.15) is 0 Å². The van der Waals surface area contributed by atoms with Gasteiger partial charge in [-0.1, -0.05) is 48.5 Å². The highest BCUT2D eigenvalue weighted by Gasteiger charge is 2.22. The SMILES string of the molecule is COCCN(CCc1ccccc1)CC1CCN(Cc2ccccc2F)CC1. The maximum atomic E-state index is 13.9. The van der Waals surface area contributed by atoms with Crippen molar-refractivity contribution in [2.24, 2.45) is 5.92 Å². The first-order chi connectivity index (χ1) is 13.7. The summed E-state index contributed by atoms with van der Waals surface area (Å²) in [5.74, 6) is 0.626. The van der Waals surface area contributed by atoms with E-state index in [4.69, 9.17) is 4.74 Å². The number of rotatable bonds is 10. The fourth-order valence-electron chi connectivity index (χ4n) is 4.01. The van der Waals surface area contributed by atoms with E-state index < -0.39 is 0 Å². The molecule has 0 amide bonds. The van der Waals surface area contributed by atoms with Crippen molar-refractivity contribution < 1.29 is 9.13 Å². The molecule has 1 aliphatic heterocycles. The van der Waals surface area contributed by atoms with Gasteiger partial charge in [0.05, 0.1) is 6.61 Å². The molecule has 0 radical (unpaired) electrons. The molecule has 0 aliphatic carbocycles. The lowest BCUT2D eigenvalue weighted by atomic mass is 9.95. The topological polar surface area (TPSA) is 15.7 Å². The van der Waals surface area contributed by atoms with E-state index in [0.29, 0.717) is 5.92 Å². The molecule has 0 atom stereocenters. The Kier molecular flexibility index (Phi) is 8.46. The molecular formula is C24H33FN2O. The van der Waals surface area contributed by atoms with Gasteiger partial charge in [0.15, 0.2) is 0 Å². The van der Waals surface area contributed by atoms with Gasteiger partial charge in [-0.15, -0.1) is 0 Å². The van der Waals surface area contributed by atoms with Crippen LogP contribution in [0.15, 0.2) is 54.6 Å². The van der Waals surface area contributed by atoms with Gasteiger partial charge in [0, 0.05) is 38.9 Å². The molecule has 3 rings (SSSR count). The van der Waals surface area contributed by atoms with Crippen molar-refractivity contribution in [3.8, 4) is 0 Å². The second-order valence-electron chi connectivity index (χ2n) is 7.84. The predicted octanol–water partition coefficient (Wildman–Crippen LogP) is 4.23. The number of likely N-dealkylation sites (tertiary alicyclic amines) is 1. The second kappa shape index (κ2) is 11.3. The third-order valence-electron chi connectivity index (χ3n) is 5.75. The van der Waals surface area contributed by atoms with Crippen LogP contribution in [-0.2, 0) is 17.7 Å². The Labute approximate surface area is 169 Å². The summed E-state index contributed by atoms with van der Waals surface area (Å²) in [5, 5.41) is 0. The Balaban J connectivity index is 1.45. The Morgan fingerprint density at radius 3 is 2.43 bits per heavy atom. The number of ether oxygens (including phenoxy) is 1. The molecule has 0 spiro atoms. The van der Waals surface area contributed by atoms with Crippen LogP contribution in [0.25, 0.3) is 0 Å². The molecule has 0 aromatic heterocycles. The van der Waals surface area contributed by atoms with Crippen LogP contribution in [0, 0.1) is 11.7 Å². The quantitative estimate of drug-likeness (QED) is 0.610. The average Bonchev–Trinajstić information content (AvgIpc) is 2.74. The maximum absolute atomic E-state index is 13.9. The predicted molar refractivity (Wildman–Crippen MR) is 113 cm³/mol. The van der Waals surface area contributed by atoms with Gasteiger partial charge in [-0.25, -0.2) is 4.39 Å².